The number of hydrogen-bond acceptors (Lipinski definition) is 4. The zero-order chi connectivity index (χ0) is 18.0. The third kappa shape index (κ3) is 4.23. The fourth-order valence-corrected chi connectivity index (χ4v) is 2.76. The molecule has 1 aromatic carbocycles. The van der Waals surface area contributed by atoms with Gasteiger partial charge in [-0.3, -0.25) is 19.9 Å². The first-order chi connectivity index (χ1) is 11.9. The molecule has 0 saturated heterocycles. The van der Waals surface area contributed by atoms with Crippen LogP contribution in [0.25, 0.3) is 23.2 Å². The highest BCUT2D eigenvalue weighted by atomic mass is 35.5. The van der Waals surface area contributed by atoms with Gasteiger partial charge in [-0.15, -0.1) is 0 Å². The Bertz CT molecular complexity index is 1040. The molecule has 0 spiro atoms. The van der Waals surface area contributed by atoms with Crippen molar-refractivity contribution in [2.45, 2.75) is 6.92 Å². The lowest BCUT2D eigenvalue weighted by Gasteiger charge is -2.03. The summed E-state index contributed by atoms with van der Waals surface area (Å²) in [5.74, 6) is -0.267. The minimum atomic E-state index is -0.387. The number of amides is 1. The number of H-pyrrole nitrogens is 1. The average Bonchev–Trinajstić information content (AvgIpc) is 2.51. The van der Waals surface area contributed by atoms with Gasteiger partial charge in [-0.2, -0.15) is 4.98 Å². The highest BCUT2D eigenvalue weighted by Crippen LogP contribution is 2.21. The number of rotatable bonds is 3. The molecule has 3 aromatic rings. The van der Waals surface area contributed by atoms with Crippen molar-refractivity contribution in [3.8, 4) is 0 Å². The molecule has 0 unspecified atom stereocenters. The largest absolute Gasteiger partial charge is 0.296 e. The molecule has 0 radical (unpaired) electrons. The molecule has 0 aliphatic carbocycles. The lowest BCUT2D eigenvalue weighted by Crippen LogP contribution is -2.16. The molecule has 1 amide bonds. The van der Waals surface area contributed by atoms with Crippen LogP contribution in [0.15, 0.2) is 35.3 Å². The van der Waals surface area contributed by atoms with Crippen LogP contribution in [0.5, 0.6) is 0 Å². The summed E-state index contributed by atoms with van der Waals surface area (Å²) < 4.78 is 0. The Hall–Kier alpha value is -2.70. The van der Waals surface area contributed by atoms with Crippen LogP contribution in [-0.2, 0) is 4.79 Å². The standard InChI is InChI=1S/C17H12Cl2N4O2/c1-9(24)21-17-22-15-14(16(25)23-17)6-11(8-20-15)3-2-10-4-12(18)7-13(19)5-10/h2-8H,1H3,(H2,20,21,22,23,24,25)/b3-2+. The van der Waals surface area contributed by atoms with E-state index in [-0.39, 0.29) is 23.1 Å². The molecule has 2 aromatic heterocycles. The van der Waals surface area contributed by atoms with Crippen molar-refractivity contribution in [1.29, 1.82) is 0 Å². The second kappa shape index (κ2) is 7.04. The molecule has 0 saturated carbocycles. The molecule has 0 aliphatic heterocycles. The van der Waals surface area contributed by atoms with Gasteiger partial charge in [0.05, 0.1) is 5.39 Å². The molecular formula is C17H12Cl2N4O2. The Morgan fingerprint density at radius 2 is 1.80 bits per heavy atom. The van der Waals surface area contributed by atoms with E-state index < -0.39 is 0 Å². The van der Waals surface area contributed by atoms with Gasteiger partial charge in [0.1, 0.15) is 0 Å². The molecule has 8 heteroatoms. The van der Waals surface area contributed by atoms with E-state index in [1.807, 2.05) is 6.08 Å². The maximum atomic E-state index is 12.2. The van der Waals surface area contributed by atoms with Gasteiger partial charge in [0.25, 0.3) is 5.56 Å². The number of pyridine rings is 1. The summed E-state index contributed by atoms with van der Waals surface area (Å²) in [5.41, 5.74) is 1.39. The number of carbonyl (C=O) groups is 1. The predicted molar refractivity (Wildman–Crippen MR) is 99.9 cm³/mol. The Morgan fingerprint density at radius 3 is 2.48 bits per heavy atom. The number of nitrogens with zero attached hydrogens (tertiary/aromatic N) is 2. The third-order valence-corrected chi connectivity index (χ3v) is 3.67. The second-order valence-corrected chi connectivity index (χ2v) is 6.14. The van der Waals surface area contributed by atoms with Gasteiger partial charge >= 0.3 is 0 Å². The molecule has 0 atom stereocenters. The number of hydrogen-bond donors (Lipinski definition) is 2. The Balaban J connectivity index is 1.95. The van der Waals surface area contributed by atoms with Crippen LogP contribution in [0.4, 0.5) is 5.95 Å². The van der Waals surface area contributed by atoms with Crippen molar-refractivity contribution in [1.82, 2.24) is 15.0 Å². The van der Waals surface area contributed by atoms with Gasteiger partial charge in [0.2, 0.25) is 11.9 Å². The van der Waals surface area contributed by atoms with E-state index in [0.717, 1.165) is 5.56 Å². The monoisotopic (exact) mass is 374 g/mol. The van der Waals surface area contributed by atoms with E-state index in [2.05, 4.69) is 20.3 Å². The zero-order valence-corrected chi connectivity index (χ0v) is 14.5. The molecule has 126 valence electrons. The lowest BCUT2D eigenvalue weighted by molar-refractivity contribution is -0.114. The zero-order valence-electron chi connectivity index (χ0n) is 13.0. The quantitative estimate of drug-likeness (QED) is 0.730. The van der Waals surface area contributed by atoms with Crippen LogP contribution in [0.3, 0.4) is 0 Å². The minimum Gasteiger partial charge on any atom is -0.296 e. The minimum absolute atomic E-state index is 0.0642. The number of aromatic amines is 1. The Kier molecular flexibility index (Phi) is 4.83. The van der Waals surface area contributed by atoms with Crippen molar-refractivity contribution in [3.63, 3.8) is 0 Å². The van der Waals surface area contributed by atoms with E-state index in [4.69, 9.17) is 23.2 Å². The summed E-state index contributed by atoms with van der Waals surface area (Å²) in [7, 11) is 0. The van der Waals surface area contributed by atoms with Crippen molar-refractivity contribution in [3.05, 3.63) is 62.0 Å². The van der Waals surface area contributed by atoms with Crippen LogP contribution < -0.4 is 10.9 Å². The molecule has 6 nitrogen and oxygen atoms in total. The smallest absolute Gasteiger partial charge is 0.261 e. The van der Waals surface area contributed by atoms with Crippen LogP contribution in [0.1, 0.15) is 18.1 Å². The van der Waals surface area contributed by atoms with E-state index in [0.29, 0.717) is 21.0 Å². The summed E-state index contributed by atoms with van der Waals surface area (Å²) in [6.45, 7) is 1.33. The maximum absolute atomic E-state index is 12.2. The van der Waals surface area contributed by atoms with Gasteiger partial charge in [-0.1, -0.05) is 35.4 Å². The van der Waals surface area contributed by atoms with Crippen molar-refractivity contribution >= 4 is 58.2 Å². The number of carbonyl (C=O) groups excluding carboxylic acids is 1. The summed E-state index contributed by atoms with van der Waals surface area (Å²) in [5, 5.41) is 3.82. The first kappa shape index (κ1) is 17.1. The number of anilines is 1. The SMILES string of the molecule is CC(=O)Nc1nc2ncc(/C=C/c3cc(Cl)cc(Cl)c3)cc2c(=O)[nH]1. The fraction of sp³-hybridized carbons (Fsp3) is 0.0588. The van der Waals surface area contributed by atoms with E-state index in [1.165, 1.54) is 6.92 Å². The molecule has 2 N–H and O–H groups in total. The van der Waals surface area contributed by atoms with Gasteiger partial charge in [0, 0.05) is 23.2 Å². The first-order valence-electron chi connectivity index (χ1n) is 7.22. The molecule has 25 heavy (non-hydrogen) atoms. The van der Waals surface area contributed by atoms with Gasteiger partial charge in [-0.25, -0.2) is 4.98 Å². The molecule has 0 aliphatic rings. The van der Waals surface area contributed by atoms with E-state index in [9.17, 15) is 9.59 Å². The van der Waals surface area contributed by atoms with E-state index >= 15 is 0 Å². The molecule has 0 fully saturated rings. The number of halogens is 2. The second-order valence-electron chi connectivity index (χ2n) is 5.27. The predicted octanol–water partition coefficient (Wildman–Crippen LogP) is 3.75. The lowest BCUT2D eigenvalue weighted by atomic mass is 10.1. The van der Waals surface area contributed by atoms with Crippen LogP contribution >= 0.6 is 23.2 Å². The number of fused-ring (bicyclic) bond motifs is 1. The Labute approximate surface area is 152 Å². The summed E-state index contributed by atoms with van der Waals surface area (Å²) in [6.07, 6.45) is 5.18. The molecule has 2 heterocycles. The van der Waals surface area contributed by atoms with Gasteiger partial charge in [0.15, 0.2) is 5.65 Å². The summed E-state index contributed by atoms with van der Waals surface area (Å²) in [6, 6.07) is 6.85. The van der Waals surface area contributed by atoms with Gasteiger partial charge < -0.3 is 0 Å². The Morgan fingerprint density at radius 1 is 1.12 bits per heavy atom. The fourth-order valence-electron chi connectivity index (χ4n) is 2.22. The van der Waals surface area contributed by atoms with Crippen molar-refractivity contribution in [2.75, 3.05) is 5.32 Å². The third-order valence-electron chi connectivity index (χ3n) is 3.23. The average molecular weight is 375 g/mol. The molecule has 3 rings (SSSR count). The normalized spacial score (nSPS) is 11.2. The van der Waals surface area contributed by atoms with Crippen LogP contribution in [0, 0.1) is 0 Å². The highest BCUT2D eigenvalue weighted by Gasteiger charge is 2.06. The van der Waals surface area contributed by atoms with Gasteiger partial charge in [-0.05, 0) is 35.4 Å². The topological polar surface area (TPSA) is 87.7 Å². The molecular weight excluding hydrogens is 363 g/mol. The summed E-state index contributed by atoms with van der Waals surface area (Å²) in [4.78, 5) is 34.0. The summed E-state index contributed by atoms with van der Waals surface area (Å²) >= 11 is 11.9. The van der Waals surface area contributed by atoms with Crippen LogP contribution in [0.2, 0.25) is 10.0 Å². The number of nitrogens with one attached hydrogen (secondary N) is 2. The van der Waals surface area contributed by atoms with Crippen molar-refractivity contribution < 1.29 is 4.79 Å². The van der Waals surface area contributed by atoms with Crippen molar-refractivity contribution in [2.24, 2.45) is 0 Å². The first-order valence-corrected chi connectivity index (χ1v) is 7.98. The highest BCUT2D eigenvalue weighted by molar-refractivity contribution is 6.34. The number of benzene rings is 1. The maximum Gasteiger partial charge on any atom is 0.261 e. The van der Waals surface area contributed by atoms with E-state index in [1.54, 1.807) is 36.5 Å². The number of aromatic nitrogens is 3. The van der Waals surface area contributed by atoms with Crippen LogP contribution in [-0.4, -0.2) is 20.9 Å². The molecule has 0 bridgehead atoms.